The van der Waals surface area contributed by atoms with Gasteiger partial charge in [0.05, 0.1) is 6.54 Å². The molecule has 1 aliphatic carbocycles. The second-order valence-corrected chi connectivity index (χ2v) is 7.82. The number of hydrogen-bond donors (Lipinski definition) is 1. The summed E-state index contributed by atoms with van der Waals surface area (Å²) in [4.78, 5) is 13.8. The van der Waals surface area contributed by atoms with Crippen molar-refractivity contribution in [3.8, 4) is 0 Å². The van der Waals surface area contributed by atoms with Crippen LogP contribution in [0.1, 0.15) is 51.0 Å². The Labute approximate surface area is 152 Å². The van der Waals surface area contributed by atoms with E-state index >= 15 is 0 Å². The van der Waals surface area contributed by atoms with Crippen LogP contribution in [0, 0.1) is 5.41 Å². The van der Waals surface area contributed by atoms with Crippen molar-refractivity contribution in [3.05, 3.63) is 23.9 Å². The number of aliphatic imine (C=N–C) groups is 1. The first kappa shape index (κ1) is 18.0. The molecule has 0 bridgehead atoms. The number of likely N-dealkylation sites (tertiary alicyclic amines) is 1. The van der Waals surface area contributed by atoms with Crippen LogP contribution in [-0.4, -0.2) is 49.6 Å². The van der Waals surface area contributed by atoms with E-state index < -0.39 is 0 Å². The number of hydrogen-bond acceptors (Lipinski definition) is 3. The molecule has 5 nitrogen and oxygen atoms in total. The van der Waals surface area contributed by atoms with Crippen molar-refractivity contribution >= 4 is 11.8 Å². The maximum atomic E-state index is 4.93. The van der Waals surface area contributed by atoms with E-state index in [0.29, 0.717) is 12.0 Å². The van der Waals surface area contributed by atoms with Crippen molar-refractivity contribution in [2.45, 2.75) is 52.0 Å². The molecule has 5 heteroatoms. The first-order chi connectivity index (χ1) is 12.1. The van der Waals surface area contributed by atoms with Gasteiger partial charge in [0.2, 0.25) is 0 Å². The van der Waals surface area contributed by atoms with Crippen molar-refractivity contribution < 1.29 is 0 Å². The highest BCUT2D eigenvalue weighted by atomic mass is 15.3. The number of aromatic nitrogens is 1. The van der Waals surface area contributed by atoms with E-state index in [9.17, 15) is 0 Å². The first-order valence-electron chi connectivity index (χ1n) is 9.77. The summed E-state index contributed by atoms with van der Waals surface area (Å²) in [5.74, 6) is 2.06. The molecule has 0 amide bonds. The fourth-order valence-electron chi connectivity index (χ4n) is 4.22. The fraction of sp³-hybridized carbons (Fsp3) is 0.700. The van der Waals surface area contributed by atoms with Gasteiger partial charge >= 0.3 is 0 Å². The SMILES string of the molecule is CCNC(=NCc1ccnc(N(C)C)c1)N1CCC2(CCCCC2)C1. The Balaban J connectivity index is 1.68. The number of guanidine groups is 1. The Morgan fingerprint density at radius 1 is 1.28 bits per heavy atom. The van der Waals surface area contributed by atoms with Crippen LogP contribution in [0.5, 0.6) is 0 Å². The van der Waals surface area contributed by atoms with Crippen LogP contribution in [0.2, 0.25) is 0 Å². The highest BCUT2D eigenvalue weighted by Crippen LogP contribution is 2.43. The largest absolute Gasteiger partial charge is 0.363 e. The quantitative estimate of drug-likeness (QED) is 0.673. The molecule has 0 unspecified atom stereocenters. The third kappa shape index (κ3) is 4.44. The second kappa shape index (κ2) is 8.07. The lowest BCUT2D eigenvalue weighted by molar-refractivity contribution is 0.203. The summed E-state index contributed by atoms with van der Waals surface area (Å²) in [7, 11) is 4.04. The van der Waals surface area contributed by atoms with E-state index in [4.69, 9.17) is 4.99 Å². The average Bonchev–Trinajstić information content (AvgIpc) is 3.02. The van der Waals surface area contributed by atoms with Gasteiger partial charge in [-0.05, 0) is 49.3 Å². The summed E-state index contributed by atoms with van der Waals surface area (Å²) >= 11 is 0. The van der Waals surface area contributed by atoms with E-state index in [0.717, 1.165) is 24.9 Å². The summed E-state index contributed by atoms with van der Waals surface area (Å²) in [6.07, 6.45) is 10.3. The lowest BCUT2D eigenvalue weighted by atomic mass is 9.73. The minimum Gasteiger partial charge on any atom is -0.363 e. The smallest absolute Gasteiger partial charge is 0.194 e. The van der Waals surface area contributed by atoms with Crippen LogP contribution in [0.3, 0.4) is 0 Å². The van der Waals surface area contributed by atoms with Crippen LogP contribution < -0.4 is 10.2 Å². The molecular weight excluding hydrogens is 310 g/mol. The molecule has 2 aliphatic rings. The van der Waals surface area contributed by atoms with Crippen molar-refractivity contribution in [2.75, 3.05) is 38.6 Å². The third-order valence-corrected chi connectivity index (χ3v) is 5.67. The Bertz CT molecular complexity index is 590. The van der Waals surface area contributed by atoms with E-state index in [1.165, 1.54) is 50.6 Å². The molecule has 2 heterocycles. The lowest BCUT2D eigenvalue weighted by Crippen LogP contribution is -2.41. The molecule has 1 aromatic rings. The molecule has 2 fully saturated rings. The number of nitrogens with zero attached hydrogens (tertiary/aromatic N) is 4. The van der Waals surface area contributed by atoms with Crippen molar-refractivity contribution in [2.24, 2.45) is 10.4 Å². The third-order valence-electron chi connectivity index (χ3n) is 5.67. The van der Waals surface area contributed by atoms with Gasteiger partial charge < -0.3 is 15.1 Å². The maximum Gasteiger partial charge on any atom is 0.194 e. The Morgan fingerprint density at radius 3 is 2.80 bits per heavy atom. The standard InChI is InChI=1S/C20H33N5/c1-4-21-19(23-15-17-8-12-22-18(14-17)24(2)3)25-13-11-20(16-25)9-6-5-7-10-20/h8,12,14H,4-7,9-11,13,15-16H2,1-3H3,(H,21,23). The van der Waals surface area contributed by atoms with E-state index in [1.807, 2.05) is 25.2 Å². The summed E-state index contributed by atoms with van der Waals surface area (Å²) in [6.45, 7) is 6.10. The molecule has 0 aromatic carbocycles. The molecule has 1 N–H and O–H groups in total. The van der Waals surface area contributed by atoms with Gasteiger partial charge in [0.1, 0.15) is 5.82 Å². The minimum atomic E-state index is 0.559. The van der Waals surface area contributed by atoms with Gasteiger partial charge in [-0.25, -0.2) is 9.98 Å². The van der Waals surface area contributed by atoms with Crippen molar-refractivity contribution in [3.63, 3.8) is 0 Å². The van der Waals surface area contributed by atoms with Gasteiger partial charge in [-0.1, -0.05) is 19.3 Å². The number of anilines is 1. The zero-order valence-corrected chi connectivity index (χ0v) is 16.1. The van der Waals surface area contributed by atoms with Gasteiger partial charge in [-0.3, -0.25) is 0 Å². The van der Waals surface area contributed by atoms with Gasteiger partial charge in [0.15, 0.2) is 5.96 Å². The molecule has 25 heavy (non-hydrogen) atoms. The molecule has 1 saturated heterocycles. The molecular formula is C20H33N5. The Kier molecular flexibility index (Phi) is 5.82. The lowest BCUT2D eigenvalue weighted by Gasteiger charge is -2.33. The monoisotopic (exact) mass is 343 g/mol. The summed E-state index contributed by atoms with van der Waals surface area (Å²) in [5.41, 5.74) is 1.77. The van der Waals surface area contributed by atoms with E-state index in [1.54, 1.807) is 0 Å². The van der Waals surface area contributed by atoms with Crippen LogP contribution >= 0.6 is 0 Å². The highest BCUT2D eigenvalue weighted by Gasteiger charge is 2.39. The van der Waals surface area contributed by atoms with Gasteiger partial charge in [-0.2, -0.15) is 0 Å². The number of rotatable bonds is 4. The fourth-order valence-corrected chi connectivity index (χ4v) is 4.22. The molecule has 1 aromatic heterocycles. The van der Waals surface area contributed by atoms with Gasteiger partial charge in [0.25, 0.3) is 0 Å². The molecule has 138 valence electrons. The number of nitrogens with one attached hydrogen (secondary N) is 1. The number of pyridine rings is 1. The van der Waals surface area contributed by atoms with Crippen LogP contribution in [0.4, 0.5) is 5.82 Å². The van der Waals surface area contributed by atoms with Crippen molar-refractivity contribution in [1.82, 2.24) is 15.2 Å². The topological polar surface area (TPSA) is 43.8 Å². The van der Waals surface area contributed by atoms with Crippen LogP contribution in [0.15, 0.2) is 23.3 Å². The molecule has 1 spiro atoms. The summed E-state index contributed by atoms with van der Waals surface area (Å²) in [6, 6.07) is 4.19. The summed E-state index contributed by atoms with van der Waals surface area (Å²) in [5, 5.41) is 3.50. The summed E-state index contributed by atoms with van der Waals surface area (Å²) < 4.78 is 0. The van der Waals surface area contributed by atoms with Crippen LogP contribution in [-0.2, 0) is 6.54 Å². The van der Waals surface area contributed by atoms with Gasteiger partial charge in [0, 0.05) is 39.9 Å². The molecule has 3 rings (SSSR count). The minimum absolute atomic E-state index is 0.559. The highest BCUT2D eigenvalue weighted by molar-refractivity contribution is 5.80. The normalized spacial score (nSPS) is 20.1. The zero-order valence-electron chi connectivity index (χ0n) is 16.1. The zero-order chi connectivity index (χ0) is 17.7. The predicted octanol–water partition coefficient (Wildman–Crippen LogP) is 3.27. The average molecular weight is 344 g/mol. The molecule has 1 aliphatic heterocycles. The first-order valence-corrected chi connectivity index (χ1v) is 9.77. The van der Waals surface area contributed by atoms with Crippen molar-refractivity contribution in [1.29, 1.82) is 0 Å². The maximum absolute atomic E-state index is 4.93. The second-order valence-electron chi connectivity index (χ2n) is 7.82. The van der Waals surface area contributed by atoms with E-state index in [-0.39, 0.29) is 0 Å². The predicted molar refractivity (Wildman–Crippen MR) is 105 cm³/mol. The van der Waals surface area contributed by atoms with E-state index in [2.05, 4.69) is 34.3 Å². The van der Waals surface area contributed by atoms with Gasteiger partial charge in [-0.15, -0.1) is 0 Å². The molecule has 0 radical (unpaired) electrons. The molecule has 0 atom stereocenters. The molecule has 1 saturated carbocycles. The Morgan fingerprint density at radius 2 is 2.08 bits per heavy atom. The Hall–Kier alpha value is -1.78. The van der Waals surface area contributed by atoms with Crippen LogP contribution in [0.25, 0.3) is 0 Å².